The predicted molar refractivity (Wildman–Crippen MR) is 55.1 cm³/mol. The highest BCUT2D eigenvalue weighted by molar-refractivity contribution is 6.10. The minimum absolute atomic E-state index is 0.0767. The summed E-state index contributed by atoms with van der Waals surface area (Å²) in [6.45, 7) is 0.192. The monoisotopic (exact) mass is 186 g/mol. The molecule has 1 aromatic rings. The van der Waals surface area contributed by atoms with E-state index in [0.717, 1.165) is 11.3 Å². The normalized spacial score (nSPS) is 15.7. The molecule has 0 saturated heterocycles. The van der Waals surface area contributed by atoms with Gasteiger partial charge in [0.1, 0.15) is 6.54 Å². The van der Waals surface area contributed by atoms with Crippen molar-refractivity contribution >= 4 is 11.6 Å². The number of carbonyl (C=O) groups excluding carboxylic acids is 1. The number of aliphatic imine (C=N–C) groups is 1. The lowest BCUT2D eigenvalue weighted by molar-refractivity contribution is -0.118. The summed E-state index contributed by atoms with van der Waals surface area (Å²) in [4.78, 5) is 15.2. The van der Waals surface area contributed by atoms with Crippen LogP contribution in [-0.2, 0) is 4.79 Å². The van der Waals surface area contributed by atoms with Crippen molar-refractivity contribution < 1.29 is 4.79 Å². The van der Waals surface area contributed by atoms with Crippen LogP contribution in [-0.4, -0.2) is 18.2 Å². The maximum absolute atomic E-state index is 11.0. The number of allylic oxidation sites excluding steroid dienone is 1. The van der Waals surface area contributed by atoms with Gasteiger partial charge in [0.2, 0.25) is 5.91 Å². The second-order valence-corrected chi connectivity index (χ2v) is 2.97. The van der Waals surface area contributed by atoms with Crippen molar-refractivity contribution in [3.63, 3.8) is 0 Å². The number of nitrogens with one attached hydrogen (secondary N) is 1. The van der Waals surface area contributed by atoms with E-state index in [1.807, 2.05) is 30.3 Å². The molecular weight excluding hydrogens is 176 g/mol. The minimum atomic E-state index is -0.0767. The Kier molecular flexibility index (Phi) is 2.40. The molecule has 1 aliphatic heterocycles. The molecular formula is C11H10N2O. The second kappa shape index (κ2) is 3.87. The first-order valence-corrected chi connectivity index (χ1v) is 4.42. The number of carbonyl (C=O) groups is 1. The molecule has 1 heterocycles. The third kappa shape index (κ3) is 1.88. The molecule has 14 heavy (non-hydrogen) atoms. The van der Waals surface area contributed by atoms with Gasteiger partial charge in [0.25, 0.3) is 0 Å². The summed E-state index contributed by atoms with van der Waals surface area (Å²) in [6.07, 6.45) is 3.43. The van der Waals surface area contributed by atoms with E-state index >= 15 is 0 Å². The Hall–Kier alpha value is -1.90. The van der Waals surface area contributed by atoms with Gasteiger partial charge in [-0.1, -0.05) is 30.3 Å². The van der Waals surface area contributed by atoms with Crippen molar-refractivity contribution in [3.05, 3.63) is 48.2 Å². The highest BCUT2D eigenvalue weighted by Crippen LogP contribution is 2.03. The topological polar surface area (TPSA) is 41.5 Å². The fraction of sp³-hybridized carbons (Fsp3) is 0.0909. The summed E-state index contributed by atoms with van der Waals surface area (Å²) in [5.74, 6) is -0.0767. The average Bonchev–Trinajstić information content (AvgIpc) is 2.44. The molecule has 3 nitrogen and oxygen atoms in total. The third-order valence-corrected chi connectivity index (χ3v) is 1.95. The molecule has 70 valence electrons. The van der Waals surface area contributed by atoms with Crippen molar-refractivity contribution in [2.24, 2.45) is 4.99 Å². The quantitative estimate of drug-likeness (QED) is 0.701. The van der Waals surface area contributed by atoms with Crippen LogP contribution in [0.25, 0.3) is 0 Å². The van der Waals surface area contributed by atoms with Gasteiger partial charge >= 0.3 is 0 Å². The van der Waals surface area contributed by atoms with Crippen LogP contribution in [0, 0.1) is 0 Å². The molecule has 0 spiro atoms. The predicted octanol–water partition coefficient (Wildman–Crippen LogP) is 1.12. The Morgan fingerprint density at radius 1 is 1.21 bits per heavy atom. The Morgan fingerprint density at radius 2 is 2.00 bits per heavy atom. The molecule has 0 radical (unpaired) electrons. The van der Waals surface area contributed by atoms with E-state index in [1.54, 1.807) is 12.3 Å². The molecule has 0 unspecified atom stereocenters. The van der Waals surface area contributed by atoms with Gasteiger partial charge in [0, 0.05) is 6.20 Å². The molecule has 1 aliphatic rings. The molecule has 0 aliphatic carbocycles. The van der Waals surface area contributed by atoms with Gasteiger partial charge in [-0.2, -0.15) is 0 Å². The number of benzene rings is 1. The number of rotatable bonds is 1. The van der Waals surface area contributed by atoms with Gasteiger partial charge < -0.3 is 5.32 Å². The average molecular weight is 186 g/mol. The van der Waals surface area contributed by atoms with E-state index in [2.05, 4.69) is 10.3 Å². The number of hydrogen-bond acceptors (Lipinski definition) is 2. The Morgan fingerprint density at radius 3 is 2.79 bits per heavy atom. The lowest BCUT2D eigenvalue weighted by Crippen LogP contribution is -2.18. The first kappa shape index (κ1) is 8.69. The molecule has 1 N–H and O–H groups in total. The van der Waals surface area contributed by atoms with Crippen molar-refractivity contribution in [2.45, 2.75) is 0 Å². The van der Waals surface area contributed by atoms with Crippen LogP contribution in [0.2, 0.25) is 0 Å². The SMILES string of the molecule is O=C1CN=C(c2ccccc2)C=CN1. The highest BCUT2D eigenvalue weighted by Gasteiger charge is 2.04. The molecule has 0 saturated carbocycles. The van der Waals surface area contributed by atoms with E-state index < -0.39 is 0 Å². The largest absolute Gasteiger partial charge is 0.331 e. The fourth-order valence-corrected chi connectivity index (χ4v) is 1.27. The smallest absolute Gasteiger partial charge is 0.245 e. The van der Waals surface area contributed by atoms with E-state index in [1.165, 1.54) is 0 Å². The minimum Gasteiger partial charge on any atom is -0.331 e. The molecule has 0 aromatic heterocycles. The Balaban J connectivity index is 2.31. The molecule has 0 fully saturated rings. The third-order valence-electron chi connectivity index (χ3n) is 1.95. The van der Waals surface area contributed by atoms with E-state index in [0.29, 0.717) is 0 Å². The maximum atomic E-state index is 11.0. The van der Waals surface area contributed by atoms with Crippen LogP contribution < -0.4 is 5.32 Å². The van der Waals surface area contributed by atoms with Crippen LogP contribution in [0.3, 0.4) is 0 Å². The fourth-order valence-electron chi connectivity index (χ4n) is 1.27. The van der Waals surface area contributed by atoms with Crippen molar-refractivity contribution in [1.29, 1.82) is 0 Å². The van der Waals surface area contributed by atoms with E-state index in [9.17, 15) is 4.79 Å². The molecule has 1 aromatic carbocycles. The van der Waals surface area contributed by atoms with Crippen LogP contribution in [0.15, 0.2) is 47.6 Å². The number of hydrogen-bond donors (Lipinski definition) is 1. The number of amides is 1. The van der Waals surface area contributed by atoms with Crippen molar-refractivity contribution in [3.8, 4) is 0 Å². The summed E-state index contributed by atoms with van der Waals surface area (Å²) >= 11 is 0. The van der Waals surface area contributed by atoms with Gasteiger partial charge in [-0.3, -0.25) is 9.79 Å². The van der Waals surface area contributed by atoms with Gasteiger partial charge in [-0.15, -0.1) is 0 Å². The van der Waals surface area contributed by atoms with Crippen molar-refractivity contribution in [1.82, 2.24) is 5.32 Å². The zero-order valence-electron chi connectivity index (χ0n) is 7.60. The molecule has 0 atom stereocenters. The molecule has 1 amide bonds. The van der Waals surface area contributed by atoms with Crippen LogP contribution in [0.5, 0.6) is 0 Å². The summed E-state index contributed by atoms with van der Waals surface area (Å²) in [6, 6.07) is 9.80. The first-order valence-electron chi connectivity index (χ1n) is 4.42. The summed E-state index contributed by atoms with van der Waals surface area (Å²) in [7, 11) is 0. The zero-order valence-corrected chi connectivity index (χ0v) is 7.60. The second-order valence-electron chi connectivity index (χ2n) is 2.97. The number of nitrogens with zero attached hydrogens (tertiary/aromatic N) is 1. The van der Waals surface area contributed by atoms with E-state index in [-0.39, 0.29) is 12.5 Å². The van der Waals surface area contributed by atoms with Gasteiger partial charge in [0.05, 0.1) is 5.71 Å². The Bertz CT molecular complexity index is 393. The maximum Gasteiger partial charge on any atom is 0.245 e. The summed E-state index contributed by atoms with van der Waals surface area (Å²) in [5.41, 5.74) is 1.87. The van der Waals surface area contributed by atoms with Gasteiger partial charge in [0.15, 0.2) is 0 Å². The lowest BCUT2D eigenvalue weighted by atomic mass is 10.1. The van der Waals surface area contributed by atoms with Crippen molar-refractivity contribution in [2.75, 3.05) is 6.54 Å². The molecule has 0 bridgehead atoms. The van der Waals surface area contributed by atoms with E-state index in [4.69, 9.17) is 0 Å². The summed E-state index contributed by atoms with van der Waals surface area (Å²) in [5, 5.41) is 2.61. The Labute approximate surface area is 82.2 Å². The molecule has 3 heteroatoms. The van der Waals surface area contributed by atoms with Gasteiger partial charge in [-0.25, -0.2) is 0 Å². The highest BCUT2D eigenvalue weighted by atomic mass is 16.1. The van der Waals surface area contributed by atoms with Gasteiger partial charge in [-0.05, 0) is 11.6 Å². The summed E-state index contributed by atoms with van der Waals surface area (Å²) < 4.78 is 0. The standard InChI is InChI=1S/C11H10N2O/c14-11-8-13-10(6-7-12-11)9-4-2-1-3-5-9/h1-7H,8H2,(H,12,14). The van der Waals surface area contributed by atoms with Crippen LogP contribution >= 0.6 is 0 Å². The van der Waals surface area contributed by atoms with Crippen LogP contribution in [0.4, 0.5) is 0 Å². The zero-order chi connectivity index (χ0) is 9.80. The van der Waals surface area contributed by atoms with Crippen LogP contribution in [0.1, 0.15) is 5.56 Å². The first-order chi connectivity index (χ1) is 6.86. The lowest BCUT2D eigenvalue weighted by Gasteiger charge is -1.98. The molecule has 2 rings (SSSR count).